The summed E-state index contributed by atoms with van der Waals surface area (Å²) in [7, 11) is 0. The standard InChI is InChI=1S/C27H18ClFN2O2/c28-21-8-5-18(6-9-21)17-33-26-14-7-19-3-1-2-4-24(19)25(26)15-20(16-30)27(32)31-23-12-10-22(29)11-13-23/h1-15H,17H2,(H,31,32)/b20-15-. The van der Waals surface area contributed by atoms with Gasteiger partial charge in [0.15, 0.2) is 0 Å². The maximum atomic E-state index is 13.1. The molecule has 0 aliphatic carbocycles. The van der Waals surface area contributed by atoms with E-state index in [9.17, 15) is 14.4 Å². The Morgan fingerprint density at radius 3 is 2.45 bits per heavy atom. The van der Waals surface area contributed by atoms with Crippen LogP contribution >= 0.6 is 11.6 Å². The van der Waals surface area contributed by atoms with E-state index < -0.39 is 11.7 Å². The number of benzene rings is 4. The van der Waals surface area contributed by atoms with E-state index >= 15 is 0 Å². The first-order valence-corrected chi connectivity index (χ1v) is 10.5. The van der Waals surface area contributed by atoms with Crippen molar-refractivity contribution in [2.24, 2.45) is 0 Å². The number of amides is 1. The maximum Gasteiger partial charge on any atom is 0.266 e. The molecule has 0 atom stereocenters. The Bertz CT molecular complexity index is 1370. The van der Waals surface area contributed by atoms with Gasteiger partial charge in [-0.3, -0.25) is 4.79 Å². The summed E-state index contributed by atoms with van der Waals surface area (Å²) in [6, 6.07) is 26.0. The molecular weight excluding hydrogens is 439 g/mol. The molecule has 4 aromatic rings. The van der Waals surface area contributed by atoms with E-state index in [1.54, 1.807) is 12.1 Å². The fourth-order valence-corrected chi connectivity index (χ4v) is 3.44. The molecular formula is C27H18ClFN2O2. The third-order valence-electron chi connectivity index (χ3n) is 4.99. The second-order valence-corrected chi connectivity index (χ2v) is 7.68. The molecule has 0 bridgehead atoms. The van der Waals surface area contributed by atoms with Crippen molar-refractivity contribution in [3.8, 4) is 11.8 Å². The van der Waals surface area contributed by atoms with Crippen LogP contribution in [0.5, 0.6) is 5.75 Å². The SMILES string of the molecule is N#C/C(=C/c1c(OCc2ccc(Cl)cc2)ccc2ccccc12)C(=O)Nc1ccc(F)cc1. The van der Waals surface area contributed by atoms with Crippen molar-refractivity contribution >= 4 is 40.0 Å². The largest absolute Gasteiger partial charge is 0.488 e. The molecule has 162 valence electrons. The number of hydrogen-bond acceptors (Lipinski definition) is 3. The first kappa shape index (κ1) is 22.1. The minimum Gasteiger partial charge on any atom is -0.488 e. The van der Waals surface area contributed by atoms with Gasteiger partial charge in [0.25, 0.3) is 5.91 Å². The first-order chi connectivity index (χ1) is 16.0. The zero-order valence-electron chi connectivity index (χ0n) is 17.4. The number of ether oxygens (including phenoxy) is 1. The van der Waals surface area contributed by atoms with Crippen LogP contribution in [-0.2, 0) is 11.4 Å². The van der Waals surface area contributed by atoms with E-state index in [0.29, 0.717) is 28.6 Å². The van der Waals surface area contributed by atoms with Gasteiger partial charge in [0, 0.05) is 16.3 Å². The van der Waals surface area contributed by atoms with Gasteiger partial charge in [0.2, 0.25) is 0 Å². The van der Waals surface area contributed by atoms with E-state index in [4.69, 9.17) is 16.3 Å². The van der Waals surface area contributed by atoms with Gasteiger partial charge in [0.1, 0.15) is 29.8 Å². The summed E-state index contributed by atoms with van der Waals surface area (Å²) in [4.78, 5) is 12.7. The molecule has 4 aromatic carbocycles. The Morgan fingerprint density at radius 2 is 1.73 bits per heavy atom. The quantitative estimate of drug-likeness (QED) is 0.257. The van der Waals surface area contributed by atoms with Crippen molar-refractivity contribution in [2.75, 3.05) is 5.32 Å². The Hall–Kier alpha value is -4.14. The highest BCUT2D eigenvalue weighted by Gasteiger charge is 2.14. The lowest BCUT2D eigenvalue weighted by Gasteiger charge is -2.13. The van der Waals surface area contributed by atoms with Crippen LogP contribution in [0.4, 0.5) is 10.1 Å². The summed E-state index contributed by atoms with van der Waals surface area (Å²) >= 11 is 5.95. The van der Waals surface area contributed by atoms with Crippen LogP contribution in [-0.4, -0.2) is 5.91 Å². The van der Waals surface area contributed by atoms with Gasteiger partial charge in [-0.05, 0) is 64.9 Å². The molecule has 0 saturated heterocycles. The molecule has 4 nitrogen and oxygen atoms in total. The molecule has 0 aliphatic rings. The van der Waals surface area contributed by atoms with Gasteiger partial charge >= 0.3 is 0 Å². The molecule has 33 heavy (non-hydrogen) atoms. The van der Waals surface area contributed by atoms with E-state index in [0.717, 1.165) is 16.3 Å². The minimum absolute atomic E-state index is 0.105. The normalized spacial score (nSPS) is 11.1. The zero-order valence-corrected chi connectivity index (χ0v) is 18.1. The number of anilines is 1. The Balaban J connectivity index is 1.68. The highest BCUT2D eigenvalue weighted by atomic mass is 35.5. The molecule has 0 saturated carbocycles. The summed E-state index contributed by atoms with van der Waals surface area (Å²) in [6.45, 7) is 0.292. The third-order valence-corrected chi connectivity index (χ3v) is 5.25. The lowest BCUT2D eigenvalue weighted by atomic mass is 10.0. The van der Waals surface area contributed by atoms with Gasteiger partial charge < -0.3 is 10.1 Å². The Morgan fingerprint density at radius 1 is 1.00 bits per heavy atom. The summed E-state index contributed by atoms with van der Waals surface area (Å²) in [5.41, 5.74) is 1.83. The highest BCUT2D eigenvalue weighted by Crippen LogP contribution is 2.31. The number of hydrogen-bond donors (Lipinski definition) is 1. The van der Waals surface area contributed by atoms with Crippen LogP contribution in [0.15, 0.2) is 90.5 Å². The molecule has 0 unspecified atom stereocenters. The van der Waals surface area contributed by atoms with Gasteiger partial charge in [-0.15, -0.1) is 0 Å². The lowest BCUT2D eigenvalue weighted by Crippen LogP contribution is -2.13. The number of nitrogens with one attached hydrogen (secondary N) is 1. The van der Waals surface area contributed by atoms with E-state index in [2.05, 4.69) is 5.32 Å². The van der Waals surface area contributed by atoms with Crippen molar-refractivity contribution in [1.82, 2.24) is 0 Å². The number of fused-ring (bicyclic) bond motifs is 1. The summed E-state index contributed by atoms with van der Waals surface area (Å²) in [6.07, 6.45) is 1.51. The predicted molar refractivity (Wildman–Crippen MR) is 128 cm³/mol. The van der Waals surface area contributed by atoms with Crippen LogP contribution in [0, 0.1) is 17.1 Å². The molecule has 0 fully saturated rings. The van der Waals surface area contributed by atoms with Crippen molar-refractivity contribution in [3.63, 3.8) is 0 Å². The zero-order chi connectivity index (χ0) is 23.2. The van der Waals surface area contributed by atoms with Gasteiger partial charge in [-0.25, -0.2) is 4.39 Å². The molecule has 6 heteroatoms. The van der Waals surface area contributed by atoms with Crippen LogP contribution in [0.3, 0.4) is 0 Å². The molecule has 4 rings (SSSR count). The van der Waals surface area contributed by atoms with Gasteiger partial charge in [-0.1, -0.05) is 54.1 Å². The fourth-order valence-electron chi connectivity index (χ4n) is 3.32. The average Bonchev–Trinajstić information content (AvgIpc) is 2.84. The molecule has 0 heterocycles. The number of rotatable bonds is 6. The number of nitrogens with zero attached hydrogens (tertiary/aromatic N) is 1. The van der Waals surface area contributed by atoms with Crippen LogP contribution in [0.1, 0.15) is 11.1 Å². The number of carbonyl (C=O) groups is 1. The van der Waals surface area contributed by atoms with Crippen LogP contribution in [0.25, 0.3) is 16.8 Å². The van der Waals surface area contributed by atoms with Crippen LogP contribution < -0.4 is 10.1 Å². The van der Waals surface area contributed by atoms with Crippen molar-refractivity contribution < 1.29 is 13.9 Å². The second kappa shape index (κ2) is 9.99. The smallest absolute Gasteiger partial charge is 0.266 e. The summed E-state index contributed by atoms with van der Waals surface area (Å²) < 4.78 is 19.2. The Labute approximate surface area is 195 Å². The minimum atomic E-state index is -0.597. The van der Waals surface area contributed by atoms with Crippen LogP contribution in [0.2, 0.25) is 5.02 Å². The average molecular weight is 457 g/mol. The second-order valence-electron chi connectivity index (χ2n) is 7.24. The highest BCUT2D eigenvalue weighted by molar-refractivity contribution is 6.30. The molecule has 0 aromatic heterocycles. The lowest BCUT2D eigenvalue weighted by molar-refractivity contribution is -0.112. The fraction of sp³-hybridized carbons (Fsp3) is 0.0370. The molecule has 0 radical (unpaired) electrons. The molecule has 1 amide bonds. The molecule has 0 aliphatic heterocycles. The predicted octanol–water partition coefficient (Wildman–Crippen LogP) is 6.76. The van der Waals surface area contributed by atoms with E-state index in [-0.39, 0.29) is 5.57 Å². The molecule has 1 N–H and O–H groups in total. The topological polar surface area (TPSA) is 62.1 Å². The summed E-state index contributed by atoms with van der Waals surface area (Å²) in [5, 5.41) is 14.7. The monoisotopic (exact) mass is 456 g/mol. The van der Waals surface area contributed by atoms with E-state index in [1.165, 1.54) is 30.3 Å². The van der Waals surface area contributed by atoms with Crippen molar-refractivity contribution in [3.05, 3.63) is 112 Å². The van der Waals surface area contributed by atoms with Gasteiger partial charge in [-0.2, -0.15) is 5.26 Å². The summed E-state index contributed by atoms with van der Waals surface area (Å²) in [5.74, 6) is -0.478. The van der Waals surface area contributed by atoms with Crippen molar-refractivity contribution in [1.29, 1.82) is 5.26 Å². The van der Waals surface area contributed by atoms with Gasteiger partial charge in [0.05, 0.1) is 0 Å². The third kappa shape index (κ3) is 5.38. The maximum absolute atomic E-state index is 13.1. The van der Waals surface area contributed by atoms with Crippen molar-refractivity contribution in [2.45, 2.75) is 6.61 Å². The first-order valence-electron chi connectivity index (χ1n) is 10.1. The van der Waals surface area contributed by atoms with E-state index in [1.807, 2.05) is 54.6 Å². The number of halogens is 2. The number of nitriles is 1. The number of carbonyl (C=O) groups excluding carboxylic acids is 1. The molecule has 0 spiro atoms. The Kier molecular flexibility index (Phi) is 6.68.